The second kappa shape index (κ2) is 6.33. The maximum atomic E-state index is 12.6. The van der Waals surface area contributed by atoms with Crippen LogP contribution in [0, 0.1) is 0 Å². The van der Waals surface area contributed by atoms with Crippen molar-refractivity contribution in [1.29, 1.82) is 0 Å². The van der Waals surface area contributed by atoms with E-state index in [1.807, 2.05) is 0 Å². The van der Waals surface area contributed by atoms with Gasteiger partial charge in [-0.25, -0.2) is 13.1 Å². The van der Waals surface area contributed by atoms with E-state index in [0.29, 0.717) is 16.7 Å². The summed E-state index contributed by atoms with van der Waals surface area (Å²) < 4.78 is 64.4. The highest BCUT2D eigenvalue weighted by molar-refractivity contribution is 9.09. The molecule has 0 aromatic heterocycles. The first-order valence-electron chi connectivity index (χ1n) is 5.37. The molecule has 114 valence electrons. The van der Waals surface area contributed by atoms with Gasteiger partial charge in [0.2, 0.25) is 10.0 Å². The van der Waals surface area contributed by atoms with E-state index in [1.54, 1.807) is 6.92 Å². The van der Waals surface area contributed by atoms with Gasteiger partial charge in [0, 0.05) is 16.2 Å². The van der Waals surface area contributed by atoms with E-state index >= 15 is 0 Å². The lowest BCUT2D eigenvalue weighted by molar-refractivity contribution is -0.137. The van der Waals surface area contributed by atoms with E-state index in [9.17, 15) is 21.6 Å². The van der Waals surface area contributed by atoms with Crippen LogP contribution < -0.4 is 4.72 Å². The highest BCUT2D eigenvalue weighted by Crippen LogP contribution is 2.30. The lowest BCUT2D eigenvalue weighted by atomic mass is 10.1. The van der Waals surface area contributed by atoms with Crippen molar-refractivity contribution in [3.8, 4) is 0 Å². The van der Waals surface area contributed by atoms with Gasteiger partial charge < -0.3 is 0 Å². The van der Waals surface area contributed by atoms with Crippen molar-refractivity contribution in [1.82, 2.24) is 4.72 Å². The summed E-state index contributed by atoms with van der Waals surface area (Å²) in [6, 6.07) is 3.63. The minimum absolute atomic E-state index is 0.309. The van der Waals surface area contributed by atoms with Gasteiger partial charge in [-0.1, -0.05) is 37.9 Å². The molecule has 1 aromatic carbocycles. The van der Waals surface area contributed by atoms with Crippen LogP contribution in [0.3, 0.4) is 0 Å². The fourth-order valence-corrected chi connectivity index (χ4v) is 4.34. The Kier molecular flexibility index (Phi) is 5.67. The van der Waals surface area contributed by atoms with Crippen molar-refractivity contribution in [2.24, 2.45) is 0 Å². The molecule has 0 bridgehead atoms. The topological polar surface area (TPSA) is 46.2 Å². The summed E-state index contributed by atoms with van der Waals surface area (Å²) in [5.74, 6) is 0. The second-order valence-electron chi connectivity index (χ2n) is 4.46. The molecule has 0 heterocycles. The van der Waals surface area contributed by atoms with Crippen LogP contribution in [0.25, 0.3) is 0 Å². The van der Waals surface area contributed by atoms with E-state index in [-0.39, 0.29) is 0 Å². The van der Waals surface area contributed by atoms with Crippen LogP contribution in [0.15, 0.2) is 29.2 Å². The maximum absolute atomic E-state index is 12.6. The molecular formula is C11H12Br2F3NO2S. The van der Waals surface area contributed by atoms with Crippen LogP contribution in [-0.2, 0) is 16.2 Å². The molecule has 1 aromatic rings. The highest BCUT2D eigenvalue weighted by atomic mass is 79.9. The highest BCUT2D eigenvalue weighted by Gasteiger charge is 2.33. The molecule has 0 unspecified atom stereocenters. The Balaban J connectivity index is 3.17. The number of hydrogen-bond donors (Lipinski definition) is 1. The first kappa shape index (κ1) is 17.9. The predicted octanol–water partition coefficient (Wildman–Crippen LogP) is 3.53. The third kappa shape index (κ3) is 4.44. The van der Waals surface area contributed by atoms with Crippen molar-refractivity contribution < 1.29 is 21.6 Å². The van der Waals surface area contributed by atoms with Gasteiger partial charge in [-0.3, -0.25) is 0 Å². The van der Waals surface area contributed by atoms with E-state index in [1.165, 1.54) is 0 Å². The van der Waals surface area contributed by atoms with Crippen LogP contribution in [0.1, 0.15) is 12.5 Å². The molecule has 9 heteroatoms. The molecule has 0 fully saturated rings. The first-order valence-corrected chi connectivity index (χ1v) is 9.10. The van der Waals surface area contributed by atoms with Gasteiger partial charge in [-0.2, -0.15) is 13.2 Å². The molecule has 3 nitrogen and oxygen atoms in total. The Bertz CT molecular complexity index is 571. The SMILES string of the molecule is CC(CBr)(CBr)NS(=O)(=O)c1cccc(C(F)(F)F)c1. The van der Waals surface area contributed by atoms with Gasteiger partial charge in [-0.05, 0) is 25.1 Å². The first-order chi connectivity index (χ1) is 9.04. The van der Waals surface area contributed by atoms with Gasteiger partial charge >= 0.3 is 6.18 Å². The molecule has 0 aliphatic heterocycles. The van der Waals surface area contributed by atoms with Crippen molar-refractivity contribution in [3.05, 3.63) is 29.8 Å². The number of benzene rings is 1. The summed E-state index contributed by atoms with van der Waals surface area (Å²) in [7, 11) is -4.03. The third-order valence-corrected chi connectivity index (χ3v) is 6.55. The van der Waals surface area contributed by atoms with Crippen molar-refractivity contribution >= 4 is 41.9 Å². The molecule has 0 saturated carbocycles. The summed E-state index contributed by atoms with van der Waals surface area (Å²) in [5.41, 5.74) is -1.84. The molecule has 0 saturated heterocycles. The smallest absolute Gasteiger partial charge is 0.207 e. The summed E-state index contributed by atoms with van der Waals surface area (Å²) in [4.78, 5) is -0.416. The third-order valence-electron chi connectivity index (χ3n) is 2.44. The fraction of sp³-hybridized carbons (Fsp3) is 0.455. The second-order valence-corrected chi connectivity index (χ2v) is 7.26. The molecule has 0 aliphatic rings. The van der Waals surface area contributed by atoms with Crippen molar-refractivity contribution in [2.75, 3.05) is 10.7 Å². The minimum atomic E-state index is -4.58. The van der Waals surface area contributed by atoms with Gasteiger partial charge in [0.25, 0.3) is 0 Å². The Morgan fingerprint density at radius 1 is 1.20 bits per heavy atom. The average Bonchev–Trinajstić information content (AvgIpc) is 2.37. The standard InChI is InChI=1S/C11H12Br2F3NO2S/c1-10(6-12,7-13)17-20(18,19)9-4-2-3-8(5-9)11(14,15)16/h2-5,17H,6-7H2,1H3. The van der Waals surface area contributed by atoms with Crippen molar-refractivity contribution in [2.45, 2.75) is 23.5 Å². The number of sulfonamides is 1. The quantitative estimate of drug-likeness (QED) is 0.714. The van der Waals surface area contributed by atoms with E-state index in [2.05, 4.69) is 36.6 Å². The lowest BCUT2D eigenvalue weighted by Gasteiger charge is -2.26. The van der Waals surface area contributed by atoms with E-state index in [4.69, 9.17) is 0 Å². The van der Waals surface area contributed by atoms with E-state index in [0.717, 1.165) is 18.2 Å². The van der Waals surface area contributed by atoms with Crippen LogP contribution >= 0.6 is 31.9 Å². The van der Waals surface area contributed by atoms with Gasteiger partial charge in [0.15, 0.2) is 0 Å². The van der Waals surface area contributed by atoms with Crippen LogP contribution in [0.2, 0.25) is 0 Å². The normalized spacial score (nSPS) is 13.5. The largest absolute Gasteiger partial charge is 0.416 e. The number of halogens is 5. The Morgan fingerprint density at radius 3 is 2.20 bits per heavy atom. The average molecular weight is 439 g/mol. The number of alkyl halides is 5. The zero-order valence-electron chi connectivity index (χ0n) is 10.3. The molecule has 0 radical (unpaired) electrons. The summed E-state index contributed by atoms with van der Waals surface area (Å²) in [5, 5.41) is 0.618. The van der Waals surface area contributed by atoms with Crippen LogP contribution in [-0.4, -0.2) is 24.6 Å². The fourth-order valence-electron chi connectivity index (χ4n) is 1.31. The molecular weight excluding hydrogens is 427 g/mol. The zero-order chi connectivity index (χ0) is 15.6. The minimum Gasteiger partial charge on any atom is -0.207 e. The summed E-state index contributed by atoms with van der Waals surface area (Å²) in [6.45, 7) is 1.63. The number of hydrogen-bond acceptors (Lipinski definition) is 2. The van der Waals surface area contributed by atoms with Crippen molar-refractivity contribution in [3.63, 3.8) is 0 Å². The Morgan fingerprint density at radius 2 is 1.75 bits per heavy atom. The predicted molar refractivity (Wildman–Crippen MR) is 77.8 cm³/mol. The zero-order valence-corrected chi connectivity index (χ0v) is 14.3. The van der Waals surface area contributed by atoms with Gasteiger partial charge in [0.1, 0.15) is 0 Å². The van der Waals surface area contributed by atoms with Gasteiger partial charge in [0.05, 0.1) is 10.5 Å². The maximum Gasteiger partial charge on any atom is 0.416 e. The molecule has 1 N–H and O–H groups in total. The molecule has 20 heavy (non-hydrogen) atoms. The van der Waals surface area contributed by atoms with Crippen LogP contribution in [0.5, 0.6) is 0 Å². The number of nitrogens with one attached hydrogen (secondary N) is 1. The Labute approximate surface area is 132 Å². The molecule has 0 atom stereocenters. The Hall–Kier alpha value is -0.120. The van der Waals surface area contributed by atoms with Crippen LogP contribution in [0.4, 0.5) is 13.2 Å². The molecule has 0 spiro atoms. The summed E-state index contributed by atoms with van der Waals surface area (Å²) in [6.07, 6.45) is -4.58. The number of rotatable bonds is 5. The summed E-state index contributed by atoms with van der Waals surface area (Å²) >= 11 is 6.33. The monoisotopic (exact) mass is 437 g/mol. The van der Waals surface area contributed by atoms with E-state index < -0.39 is 32.2 Å². The molecule has 1 rings (SSSR count). The van der Waals surface area contributed by atoms with Gasteiger partial charge in [-0.15, -0.1) is 0 Å². The molecule has 0 amide bonds. The lowest BCUT2D eigenvalue weighted by Crippen LogP contribution is -2.48. The molecule has 0 aliphatic carbocycles.